The standard InChI is InChI=1S/C18H24N2O3S.C2HF3O2/c1-12-19-14(11-24-12)10-23-16-9-20(15-7-4-8-22-17(15)16)18(21)13-5-2-3-6-13;3-2(4,5)1(6)7/h5,11,15-17H,2-4,6-10H2,1H3;(H,6,7)/t15-,16-,17+;/m1./s1. The number of alkyl halides is 3. The van der Waals surface area contributed by atoms with Gasteiger partial charge in [0.15, 0.2) is 0 Å². The maximum Gasteiger partial charge on any atom is 0.490 e. The Balaban J connectivity index is 0.000000339. The Morgan fingerprint density at radius 1 is 1.39 bits per heavy atom. The Labute approximate surface area is 181 Å². The second-order valence-corrected chi connectivity index (χ2v) is 8.70. The maximum atomic E-state index is 12.9. The molecule has 0 spiro atoms. The molecule has 172 valence electrons. The molecule has 1 aliphatic carbocycles. The lowest BCUT2D eigenvalue weighted by Crippen LogP contribution is -2.44. The number of nitrogens with zero attached hydrogens (tertiary/aromatic N) is 2. The van der Waals surface area contributed by atoms with E-state index < -0.39 is 12.1 Å². The zero-order chi connectivity index (χ0) is 22.6. The van der Waals surface area contributed by atoms with Gasteiger partial charge in [-0.1, -0.05) is 6.08 Å². The number of aliphatic carboxylic acids is 1. The quantitative estimate of drug-likeness (QED) is 0.737. The number of carboxylic acids is 1. The summed E-state index contributed by atoms with van der Waals surface area (Å²) in [4.78, 5) is 28.2. The number of halogens is 3. The van der Waals surface area contributed by atoms with E-state index in [9.17, 15) is 18.0 Å². The molecule has 2 aliphatic heterocycles. The summed E-state index contributed by atoms with van der Waals surface area (Å²) in [7, 11) is 0. The molecular formula is C20H25F3N2O5S. The molecule has 3 heterocycles. The van der Waals surface area contributed by atoms with Gasteiger partial charge in [-0.3, -0.25) is 4.79 Å². The normalized spacial score (nSPS) is 25.5. The Bertz CT molecular complexity index is 826. The van der Waals surface area contributed by atoms with Gasteiger partial charge in [0.05, 0.1) is 29.9 Å². The molecule has 2 saturated heterocycles. The van der Waals surface area contributed by atoms with Crippen molar-refractivity contribution in [2.24, 2.45) is 0 Å². The highest BCUT2D eigenvalue weighted by molar-refractivity contribution is 7.09. The average Bonchev–Trinajstić information content (AvgIpc) is 3.46. The van der Waals surface area contributed by atoms with Crippen LogP contribution in [-0.4, -0.2) is 64.4 Å². The predicted molar refractivity (Wildman–Crippen MR) is 106 cm³/mol. The van der Waals surface area contributed by atoms with Gasteiger partial charge in [0.1, 0.15) is 12.2 Å². The topological polar surface area (TPSA) is 89.0 Å². The monoisotopic (exact) mass is 462 g/mol. The number of fused-ring (bicyclic) bond motifs is 1. The number of amides is 1. The zero-order valence-corrected chi connectivity index (χ0v) is 17.9. The van der Waals surface area contributed by atoms with Crippen molar-refractivity contribution >= 4 is 23.2 Å². The molecule has 7 nitrogen and oxygen atoms in total. The van der Waals surface area contributed by atoms with Crippen LogP contribution in [0.3, 0.4) is 0 Å². The van der Waals surface area contributed by atoms with E-state index in [1.165, 1.54) is 0 Å². The Hall–Kier alpha value is -1.98. The van der Waals surface area contributed by atoms with Gasteiger partial charge in [0.2, 0.25) is 5.91 Å². The summed E-state index contributed by atoms with van der Waals surface area (Å²) in [6.07, 6.45) is 2.05. The number of thiazole rings is 1. The van der Waals surface area contributed by atoms with E-state index in [2.05, 4.69) is 11.1 Å². The molecule has 1 aromatic heterocycles. The Kier molecular flexibility index (Phi) is 7.71. The van der Waals surface area contributed by atoms with Crippen molar-refractivity contribution in [1.29, 1.82) is 0 Å². The van der Waals surface area contributed by atoms with Crippen LogP contribution in [0.15, 0.2) is 17.0 Å². The van der Waals surface area contributed by atoms with Gasteiger partial charge in [-0.2, -0.15) is 13.2 Å². The highest BCUT2D eigenvalue weighted by Crippen LogP contribution is 2.33. The molecule has 0 unspecified atom stereocenters. The van der Waals surface area contributed by atoms with Crippen molar-refractivity contribution in [1.82, 2.24) is 9.88 Å². The second kappa shape index (κ2) is 10.1. The first-order valence-corrected chi connectivity index (χ1v) is 11.0. The van der Waals surface area contributed by atoms with E-state index in [0.717, 1.165) is 55.0 Å². The first kappa shape index (κ1) is 23.7. The third-order valence-electron chi connectivity index (χ3n) is 5.41. The molecule has 4 rings (SSSR count). The van der Waals surface area contributed by atoms with Crippen molar-refractivity contribution in [3.8, 4) is 0 Å². The lowest BCUT2D eigenvalue weighted by molar-refractivity contribution is -0.192. The summed E-state index contributed by atoms with van der Waals surface area (Å²) in [6.45, 7) is 3.89. The minimum Gasteiger partial charge on any atom is -0.475 e. The van der Waals surface area contributed by atoms with Crippen molar-refractivity contribution in [3.05, 3.63) is 27.7 Å². The number of aromatic nitrogens is 1. The van der Waals surface area contributed by atoms with Crippen molar-refractivity contribution < 1.29 is 37.3 Å². The van der Waals surface area contributed by atoms with E-state index in [1.807, 2.05) is 17.2 Å². The molecule has 0 saturated carbocycles. The number of hydrogen-bond donors (Lipinski definition) is 1. The van der Waals surface area contributed by atoms with Gasteiger partial charge >= 0.3 is 12.1 Å². The van der Waals surface area contributed by atoms with Crippen LogP contribution in [0.4, 0.5) is 13.2 Å². The van der Waals surface area contributed by atoms with Gasteiger partial charge in [-0.25, -0.2) is 9.78 Å². The number of carbonyl (C=O) groups excluding carboxylic acids is 1. The summed E-state index contributed by atoms with van der Waals surface area (Å²) < 4.78 is 43.9. The number of carboxylic acid groups (broad SMARTS) is 1. The van der Waals surface area contributed by atoms with Gasteiger partial charge in [0.25, 0.3) is 0 Å². The van der Waals surface area contributed by atoms with Gasteiger partial charge in [0, 0.05) is 17.6 Å². The number of ether oxygens (including phenoxy) is 2. The average molecular weight is 462 g/mol. The third-order valence-corrected chi connectivity index (χ3v) is 6.23. The van der Waals surface area contributed by atoms with E-state index in [-0.39, 0.29) is 24.2 Å². The van der Waals surface area contributed by atoms with E-state index in [4.69, 9.17) is 19.4 Å². The summed E-state index contributed by atoms with van der Waals surface area (Å²) in [5.41, 5.74) is 1.95. The molecule has 3 aliphatic rings. The summed E-state index contributed by atoms with van der Waals surface area (Å²) in [5, 5.41) is 10.2. The molecule has 0 aromatic carbocycles. The number of allylic oxidation sites excluding steroid dienone is 1. The van der Waals surface area contributed by atoms with E-state index in [1.54, 1.807) is 11.3 Å². The summed E-state index contributed by atoms with van der Waals surface area (Å²) in [6, 6.07) is 0.162. The lowest BCUT2D eigenvalue weighted by atomic mass is 10.0. The van der Waals surface area contributed by atoms with Crippen LogP contribution in [0.1, 0.15) is 42.8 Å². The van der Waals surface area contributed by atoms with Crippen LogP contribution < -0.4 is 0 Å². The first-order valence-electron chi connectivity index (χ1n) is 10.1. The molecule has 1 N–H and O–H groups in total. The molecule has 11 heteroatoms. The second-order valence-electron chi connectivity index (χ2n) is 7.63. The van der Waals surface area contributed by atoms with Gasteiger partial charge < -0.3 is 19.5 Å². The molecule has 2 fully saturated rings. The van der Waals surface area contributed by atoms with Crippen molar-refractivity contribution in [2.75, 3.05) is 13.2 Å². The SMILES string of the molecule is Cc1nc(CO[C@@H]2CN(C(=O)C3=CCCC3)[C@@H]3CCCO[C@@H]32)cs1.O=C(O)C(F)(F)F. The third kappa shape index (κ3) is 6.05. The lowest BCUT2D eigenvalue weighted by Gasteiger charge is -2.32. The molecule has 31 heavy (non-hydrogen) atoms. The van der Waals surface area contributed by atoms with Crippen LogP contribution in [0, 0.1) is 6.92 Å². The largest absolute Gasteiger partial charge is 0.490 e. The number of likely N-dealkylation sites (tertiary alicyclic amines) is 1. The Morgan fingerprint density at radius 3 is 2.71 bits per heavy atom. The minimum absolute atomic E-state index is 0.00411. The first-order chi connectivity index (χ1) is 14.7. The summed E-state index contributed by atoms with van der Waals surface area (Å²) >= 11 is 1.64. The van der Waals surface area contributed by atoms with Crippen LogP contribution >= 0.6 is 11.3 Å². The zero-order valence-electron chi connectivity index (χ0n) is 17.1. The molecule has 0 bridgehead atoms. The molecule has 3 atom stereocenters. The molecule has 1 aromatic rings. The fourth-order valence-electron chi connectivity index (χ4n) is 4.01. The fraction of sp³-hybridized carbons (Fsp3) is 0.650. The van der Waals surface area contributed by atoms with Crippen LogP contribution in [0.2, 0.25) is 0 Å². The molecule has 1 amide bonds. The molecular weight excluding hydrogens is 437 g/mol. The highest BCUT2D eigenvalue weighted by atomic mass is 32.1. The predicted octanol–water partition coefficient (Wildman–Crippen LogP) is 3.47. The summed E-state index contributed by atoms with van der Waals surface area (Å²) in [5.74, 6) is -2.56. The Morgan fingerprint density at radius 2 is 2.13 bits per heavy atom. The van der Waals surface area contributed by atoms with Gasteiger partial charge in [-0.15, -0.1) is 11.3 Å². The van der Waals surface area contributed by atoms with Crippen molar-refractivity contribution in [2.45, 2.75) is 70.1 Å². The fourth-order valence-corrected chi connectivity index (χ4v) is 4.60. The molecule has 0 radical (unpaired) electrons. The number of rotatable bonds is 4. The maximum absolute atomic E-state index is 12.9. The number of carbonyl (C=O) groups is 2. The van der Waals surface area contributed by atoms with E-state index >= 15 is 0 Å². The minimum atomic E-state index is -5.08. The number of aryl methyl sites for hydroxylation is 1. The van der Waals surface area contributed by atoms with E-state index in [0.29, 0.717) is 13.2 Å². The highest BCUT2D eigenvalue weighted by Gasteiger charge is 2.47. The number of hydrogen-bond acceptors (Lipinski definition) is 6. The van der Waals surface area contributed by atoms with Crippen LogP contribution in [-0.2, 0) is 25.7 Å². The van der Waals surface area contributed by atoms with Crippen LogP contribution in [0.25, 0.3) is 0 Å². The van der Waals surface area contributed by atoms with Crippen molar-refractivity contribution in [3.63, 3.8) is 0 Å². The van der Waals surface area contributed by atoms with Gasteiger partial charge in [-0.05, 0) is 39.0 Å². The van der Waals surface area contributed by atoms with Crippen LogP contribution in [0.5, 0.6) is 0 Å². The smallest absolute Gasteiger partial charge is 0.475 e.